The molecule has 1 aliphatic rings. The predicted molar refractivity (Wildman–Crippen MR) is 78.7 cm³/mol. The van der Waals surface area contributed by atoms with Crippen LogP contribution in [0.5, 0.6) is 0 Å². The Morgan fingerprint density at radius 3 is 2.37 bits per heavy atom. The lowest BCUT2D eigenvalue weighted by Crippen LogP contribution is -2.36. The summed E-state index contributed by atoms with van der Waals surface area (Å²) in [6.45, 7) is 6.79. The summed E-state index contributed by atoms with van der Waals surface area (Å²) in [5.74, 6) is 0.856. The van der Waals surface area contributed by atoms with Gasteiger partial charge < -0.3 is 10.8 Å². The van der Waals surface area contributed by atoms with Gasteiger partial charge in [-0.1, -0.05) is 24.3 Å². The zero-order valence-electron chi connectivity index (χ0n) is 12.0. The molecule has 0 radical (unpaired) electrons. The van der Waals surface area contributed by atoms with E-state index in [9.17, 15) is 5.11 Å². The average Bonchev–Trinajstić information content (AvgIpc) is 3.22. The molecule has 1 fully saturated rings. The molecule has 0 aliphatic heterocycles. The van der Waals surface area contributed by atoms with Crippen LogP contribution >= 0.6 is 0 Å². The number of aliphatic hydroxyl groups is 1. The van der Waals surface area contributed by atoms with E-state index in [1.54, 1.807) is 0 Å². The second-order valence-corrected chi connectivity index (χ2v) is 5.95. The van der Waals surface area contributed by atoms with Gasteiger partial charge in [-0.05, 0) is 43.7 Å². The molecular formula is C16H26N2O. The van der Waals surface area contributed by atoms with Gasteiger partial charge >= 0.3 is 0 Å². The van der Waals surface area contributed by atoms with Gasteiger partial charge in [0.15, 0.2) is 0 Å². The van der Waals surface area contributed by atoms with E-state index in [-0.39, 0.29) is 0 Å². The summed E-state index contributed by atoms with van der Waals surface area (Å²) in [6, 6.07) is 8.46. The number of nitrogens with two attached hydrogens (primary N) is 1. The SMILES string of the molecule is CC(C)N(CC1CC1)CC(O)c1ccc(CN)cc1. The molecule has 1 aromatic carbocycles. The normalized spacial score (nSPS) is 17.2. The van der Waals surface area contributed by atoms with Crippen LogP contribution in [0.15, 0.2) is 24.3 Å². The number of aliphatic hydroxyl groups excluding tert-OH is 1. The Morgan fingerprint density at radius 1 is 1.26 bits per heavy atom. The molecule has 3 heteroatoms. The second kappa shape index (κ2) is 6.51. The first-order valence-electron chi connectivity index (χ1n) is 7.31. The van der Waals surface area contributed by atoms with Crippen molar-refractivity contribution in [2.24, 2.45) is 11.7 Å². The van der Waals surface area contributed by atoms with E-state index in [0.29, 0.717) is 12.6 Å². The van der Waals surface area contributed by atoms with Crippen molar-refractivity contribution in [3.8, 4) is 0 Å². The molecule has 3 nitrogen and oxygen atoms in total. The lowest BCUT2D eigenvalue weighted by atomic mass is 10.1. The molecule has 0 heterocycles. The number of nitrogens with zero attached hydrogens (tertiary/aromatic N) is 1. The Kier molecular flexibility index (Phi) is 4.97. The number of hydrogen-bond acceptors (Lipinski definition) is 3. The summed E-state index contributed by atoms with van der Waals surface area (Å²) >= 11 is 0. The Morgan fingerprint density at radius 2 is 1.89 bits per heavy atom. The van der Waals surface area contributed by atoms with Crippen molar-refractivity contribution in [1.82, 2.24) is 4.90 Å². The summed E-state index contributed by atoms with van der Waals surface area (Å²) in [6.07, 6.45) is 2.29. The minimum Gasteiger partial charge on any atom is -0.387 e. The largest absolute Gasteiger partial charge is 0.387 e. The highest BCUT2D eigenvalue weighted by molar-refractivity contribution is 5.24. The summed E-state index contributed by atoms with van der Waals surface area (Å²) in [4.78, 5) is 2.39. The monoisotopic (exact) mass is 262 g/mol. The Labute approximate surface area is 116 Å². The highest BCUT2D eigenvalue weighted by Gasteiger charge is 2.26. The van der Waals surface area contributed by atoms with Crippen LogP contribution in [0, 0.1) is 5.92 Å². The van der Waals surface area contributed by atoms with Crippen LogP contribution in [0.2, 0.25) is 0 Å². The van der Waals surface area contributed by atoms with Crippen LogP contribution in [0.3, 0.4) is 0 Å². The first-order valence-corrected chi connectivity index (χ1v) is 7.31. The topological polar surface area (TPSA) is 49.5 Å². The molecule has 0 spiro atoms. The molecule has 3 N–H and O–H groups in total. The van der Waals surface area contributed by atoms with E-state index in [0.717, 1.165) is 30.1 Å². The summed E-state index contributed by atoms with van der Waals surface area (Å²) in [7, 11) is 0. The molecule has 19 heavy (non-hydrogen) atoms. The van der Waals surface area contributed by atoms with Gasteiger partial charge in [-0.2, -0.15) is 0 Å². The minimum atomic E-state index is -0.409. The Balaban J connectivity index is 1.94. The quantitative estimate of drug-likeness (QED) is 0.792. The fourth-order valence-corrected chi connectivity index (χ4v) is 2.33. The van der Waals surface area contributed by atoms with Gasteiger partial charge in [-0.25, -0.2) is 0 Å². The van der Waals surface area contributed by atoms with Crippen LogP contribution in [0.1, 0.15) is 43.9 Å². The van der Waals surface area contributed by atoms with E-state index in [1.807, 2.05) is 24.3 Å². The van der Waals surface area contributed by atoms with Crippen molar-refractivity contribution >= 4 is 0 Å². The molecule has 1 aromatic rings. The summed E-state index contributed by atoms with van der Waals surface area (Å²) in [5.41, 5.74) is 7.68. The third kappa shape index (κ3) is 4.30. The molecule has 2 rings (SSSR count). The highest BCUT2D eigenvalue weighted by Crippen LogP contribution is 2.31. The zero-order chi connectivity index (χ0) is 13.8. The predicted octanol–water partition coefficient (Wildman–Crippen LogP) is 2.30. The first-order chi connectivity index (χ1) is 9.10. The van der Waals surface area contributed by atoms with Gasteiger partial charge in [0.05, 0.1) is 6.10 Å². The standard InChI is InChI=1S/C16H26N2O/c1-12(2)18(10-14-3-4-14)11-16(19)15-7-5-13(9-17)6-8-15/h5-8,12,14,16,19H,3-4,9-11,17H2,1-2H3. The van der Waals surface area contributed by atoms with E-state index in [1.165, 1.54) is 12.8 Å². The smallest absolute Gasteiger partial charge is 0.0917 e. The first kappa shape index (κ1) is 14.5. The molecule has 1 aliphatic carbocycles. The zero-order valence-corrected chi connectivity index (χ0v) is 12.0. The molecular weight excluding hydrogens is 236 g/mol. The molecule has 0 saturated heterocycles. The molecule has 1 unspecified atom stereocenters. The van der Waals surface area contributed by atoms with Crippen molar-refractivity contribution in [3.63, 3.8) is 0 Å². The van der Waals surface area contributed by atoms with E-state index < -0.39 is 6.10 Å². The van der Waals surface area contributed by atoms with Crippen LogP contribution in [-0.4, -0.2) is 29.1 Å². The van der Waals surface area contributed by atoms with Gasteiger partial charge in [0, 0.05) is 25.7 Å². The molecule has 1 atom stereocenters. The van der Waals surface area contributed by atoms with Gasteiger partial charge in [0.2, 0.25) is 0 Å². The second-order valence-electron chi connectivity index (χ2n) is 5.95. The lowest BCUT2D eigenvalue weighted by Gasteiger charge is -2.29. The third-order valence-corrected chi connectivity index (χ3v) is 3.93. The fraction of sp³-hybridized carbons (Fsp3) is 0.625. The van der Waals surface area contributed by atoms with E-state index in [4.69, 9.17) is 5.73 Å². The number of benzene rings is 1. The van der Waals surface area contributed by atoms with E-state index >= 15 is 0 Å². The number of rotatable bonds is 7. The van der Waals surface area contributed by atoms with Crippen molar-refractivity contribution < 1.29 is 5.11 Å². The maximum Gasteiger partial charge on any atom is 0.0917 e. The van der Waals surface area contributed by atoms with Crippen molar-refractivity contribution in [2.45, 2.75) is 45.4 Å². The summed E-state index contributed by atoms with van der Waals surface area (Å²) in [5, 5.41) is 10.4. The van der Waals surface area contributed by atoms with E-state index in [2.05, 4.69) is 18.7 Å². The third-order valence-electron chi connectivity index (χ3n) is 3.93. The van der Waals surface area contributed by atoms with Crippen molar-refractivity contribution in [3.05, 3.63) is 35.4 Å². The summed E-state index contributed by atoms with van der Waals surface area (Å²) < 4.78 is 0. The maximum absolute atomic E-state index is 10.4. The van der Waals surface area contributed by atoms with Crippen molar-refractivity contribution in [2.75, 3.05) is 13.1 Å². The van der Waals surface area contributed by atoms with Gasteiger partial charge in [0.25, 0.3) is 0 Å². The van der Waals surface area contributed by atoms with Crippen LogP contribution in [-0.2, 0) is 6.54 Å². The highest BCUT2D eigenvalue weighted by atomic mass is 16.3. The maximum atomic E-state index is 10.4. The van der Waals surface area contributed by atoms with Crippen LogP contribution in [0.4, 0.5) is 0 Å². The average molecular weight is 262 g/mol. The van der Waals surface area contributed by atoms with Gasteiger partial charge in [0.1, 0.15) is 0 Å². The molecule has 106 valence electrons. The fourth-order valence-electron chi connectivity index (χ4n) is 2.33. The molecule has 0 amide bonds. The lowest BCUT2D eigenvalue weighted by molar-refractivity contribution is 0.0923. The Bertz CT molecular complexity index is 384. The molecule has 0 bridgehead atoms. The molecule has 1 saturated carbocycles. The van der Waals surface area contributed by atoms with Crippen LogP contribution in [0.25, 0.3) is 0 Å². The van der Waals surface area contributed by atoms with Crippen molar-refractivity contribution in [1.29, 1.82) is 0 Å². The van der Waals surface area contributed by atoms with Crippen LogP contribution < -0.4 is 5.73 Å². The Hall–Kier alpha value is -0.900. The van der Waals surface area contributed by atoms with Gasteiger partial charge in [-0.15, -0.1) is 0 Å². The number of hydrogen-bond donors (Lipinski definition) is 2. The minimum absolute atomic E-state index is 0.409. The van der Waals surface area contributed by atoms with Gasteiger partial charge in [-0.3, -0.25) is 4.90 Å². The molecule has 0 aromatic heterocycles.